The smallest absolute Gasteiger partial charge is 0.399 e. The summed E-state index contributed by atoms with van der Waals surface area (Å²) in [4.78, 5) is 0. The summed E-state index contributed by atoms with van der Waals surface area (Å²) < 4.78 is 66.9. The van der Waals surface area contributed by atoms with Gasteiger partial charge in [-0.2, -0.15) is 0 Å². The monoisotopic (exact) mass is 306 g/mol. The largest absolute Gasteiger partial charge is 0.573 e. The molecule has 1 aromatic rings. The molecule has 2 rings (SSSR count). The van der Waals surface area contributed by atoms with Gasteiger partial charge in [-0.1, -0.05) is 6.08 Å². The highest BCUT2D eigenvalue weighted by molar-refractivity contribution is 5.33. The van der Waals surface area contributed by atoms with E-state index in [1.54, 1.807) is 0 Å². The molecule has 116 valence electrons. The highest BCUT2D eigenvalue weighted by atomic mass is 19.4. The Morgan fingerprint density at radius 2 is 1.57 bits per heavy atom. The van der Waals surface area contributed by atoms with Crippen LogP contribution >= 0.6 is 0 Å². The van der Waals surface area contributed by atoms with Gasteiger partial charge in [0.1, 0.15) is 0 Å². The van der Waals surface area contributed by atoms with Crippen molar-refractivity contribution < 1.29 is 26.7 Å². The lowest BCUT2D eigenvalue weighted by atomic mass is 9.79. The van der Waals surface area contributed by atoms with Crippen LogP contribution in [0.15, 0.2) is 24.8 Å². The zero-order valence-corrected chi connectivity index (χ0v) is 11.2. The predicted molar refractivity (Wildman–Crippen MR) is 67.9 cm³/mol. The van der Waals surface area contributed by atoms with E-state index in [4.69, 9.17) is 0 Å². The lowest BCUT2D eigenvalue weighted by Crippen LogP contribution is -2.19. The van der Waals surface area contributed by atoms with Crippen molar-refractivity contribution in [1.29, 1.82) is 0 Å². The Morgan fingerprint density at radius 3 is 2.00 bits per heavy atom. The molecule has 0 unspecified atom stereocenters. The quantitative estimate of drug-likeness (QED) is 0.542. The van der Waals surface area contributed by atoms with Crippen molar-refractivity contribution in [1.82, 2.24) is 0 Å². The molecule has 0 amide bonds. The Kier molecular flexibility index (Phi) is 4.54. The van der Waals surface area contributed by atoms with Crippen LogP contribution in [-0.4, -0.2) is 6.36 Å². The summed E-state index contributed by atoms with van der Waals surface area (Å²) in [5.74, 6) is -3.71. The van der Waals surface area contributed by atoms with Gasteiger partial charge in [0.05, 0.1) is 0 Å². The number of hydrogen-bond donors (Lipinski definition) is 0. The molecule has 1 aromatic carbocycles. The third-order valence-electron chi connectivity index (χ3n) is 3.81. The van der Waals surface area contributed by atoms with Crippen molar-refractivity contribution in [2.45, 2.75) is 38.0 Å². The Hall–Kier alpha value is -1.59. The van der Waals surface area contributed by atoms with Gasteiger partial charge in [-0.15, -0.1) is 19.8 Å². The first-order valence-electron chi connectivity index (χ1n) is 6.67. The maximum absolute atomic E-state index is 13.7. The van der Waals surface area contributed by atoms with Crippen LogP contribution in [0.3, 0.4) is 0 Å². The fraction of sp³-hybridized carbons (Fsp3) is 0.467. The molecule has 0 spiro atoms. The van der Waals surface area contributed by atoms with Gasteiger partial charge in [-0.25, -0.2) is 8.78 Å². The third-order valence-corrected chi connectivity index (χ3v) is 3.81. The highest BCUT2D eigenvalue weighted by Gasteiger charge is 2.34. The zero-order chi connectivity index (χ0) is 15.6. The molecule has 1 saturated carbocycles. The Bertz CT molecular complexity index is 492. The van der Waals surface area contributed by atoms with Gasteiger partial charge < -0.3 is 4.74 Å². The van der Waals surface area contributed by atoms with Crippen molar-refractivity contribution in [2.24, 2.45) is 5.92 Å². The summed E-state index contributed by atoms with van der Waals surface area (Å²) in [6.45, 7) is 3.71. The minimum absolute atomic E-state index is 0.0508. The first-order valence-corrected chi connectivity index (χ1v) is 6.67. The van der Waals surface area contributed by atoms with Gasteiger partial charge in [-0.05, 0) is 55.2 Å². The maximum atomic E-state index is 13.7. The van der Waals surface area contributed by atoms with Crippen LogP contribution in [0, 0.1) is 17.6 Å². The van der Waals surface area contributed by atoms with E-state index in [2.05, 4.69) is 11.3 Å². The van der Waals surface area contributed by atoms with Gasteiger partial charge in [0, 0.05) is 0 Å². The maximum Gasteiger partial charge on any atom is 0.573 e. The van der Waals surface area contributed by atoms with E-state index in [-0.39, 0.29) is 5.92 Å². The molecule has 1 nitrogen and oxygen atoms in total. The summed E-state index contributed by atoms with van der Waals surface area (Å²) in [5.41, 5.74) is 0.377. The molecule has 0 heterocycles. The first kappa shape index (κ1) is 15.8. The molecule has 0 aromatic heterocycles. The molecular weight excluding hydrogens is 291 g/mol. The number of allylic oxidation sites excluding steroid dienone is 1. The molecule has 0 N–H and O–H groups in total. The van der Waals surface area contributed by atoms with Crippen LogP contribution in [0.4, 0.5) is 22.0 Å². The van der Waals surface area contributed by atoms with E-state index in [0.717, 1.165) is 37.8 Å². The van der Waals surface area contributed by atoms with E-state index in [9.17, 15) is 22.0 Å². The molecule has 0 aliphatic heterocycles. The van der Waals surface area contributed by atoms with Gasteiger partial charge >= 0.3 is 6.36 Å². The SMILES string of the molecule is C=CC1CCC(c2cc(F)c(OC(F)(F)F)c(F)c2)CC1. The van der Waals surface area contributed by atoms with Crippen LogP contribution in [0.2, 0.25) is 0 Å². The van der Waals surface area contributed by atoms with Gasteiger partial charge in [0.2, 0.25) is 5.75 Å². The molecule has 21 heavy (non-hydrogen) atoms. The average Bonchev–Trinajstić information content (AvgIpc) is 2.42. The van der Waals surface area contributed by atoms with E-state index in [0.29, 0.717) is 11.5 Å². The van der Waals surface area contributed by atoms with E-state index >= 15 is 0 Å². The third kappa shape index (κ3) is 3.95. The summed E-state index contributed by atoms with van der Waals surface area (Å²) in [7, 11) is 0. The number of halogens is 5. The van der Waals surface area contributed by atoms with Crippen LogP contribution in [0.25, 0.3) is 0 Å². The fourth-order valence-electron chi connectivity index (χ4n) is 2.72. The van der Waals surface area contributed by atoms with Gasteiger partial charge in [-0.3, -0.25) is 0 Å². The van der Waals surface area contributed by atoms with Gasteiger partial charge in [0.25, 0.3) is 0 Å². The second-order valence-electron chi connectivity index (χ2n) is 5.21. The molecule has 1 aliphatic carbocycles. The standard InChI is InChI=1S/C15H15F5O/c1-2-9-3-5-10(6-4-9)11-7-12(16)14(13(17)8-11)21-15(18,19)20/h2,7-10H,1,3-6H2. The van der Waals surface area contributed by atoms with Crippen molar-refractivity contribution in [3.63, 3.8) is 0 Å². The number of alkyl halides is 3. The minimum atomic E-state index is -5.12. The molecule has 0 saturated heterocycles. The molecule has 0 radical (unpaired) electrons. The lowest BCUT2D eigenvalue weighted by Gasteiger charge is -2.27. The van der Waals surface area contributed by atoms with Crippen LogP contribution < -0.4 is 4.74 Å². The zero-order valence-electron chi connectivity index (χ0n) is 11.2. The average molecular weight is 306 g/mol. The molecular formula is C15H15F5O. The van der Waals surface area contributed by atoms with Crippen molar-refractivity contribution in [2.75, 3.05) is 0 Å². The first-order chi connectivity index (χ1) is 9.80. The molecule has 1 fully saturated rings. The molecule has 6 heteroatoms. The summed E-state index contributed by atoms with van der Waals surface area (Å²) in [6.07, 6.45) is -0.0800. The number of hydrogen-bond acceptors (Lipinski definition) is 1. The van der Waals surface area contributed by atoms with Crippen LogP contribution in [-0.2, 0) is 0 Å². The van der Waals surface area contributed by atoms with Crippen LogP contribution in [0.1, 0.15) is 37.2 Å². The predicted octanol–water partition coefficient (Wildman–Crippen LogP) is 5.32. The number of ether oxygens (including phenoxy) is 1. The lowest BCUT2D eigenvalue weighted by molar-refractivity contribution is -0.276. The second-order valence-corrected chi connectivity index (χ2v) is 5.21. The Labute approximate surface area is 119 Å². The molecule has 0 bridgehead atoms. The van der Waals surface area contributed by atoms with E-state index in [1.165, 1.54) is 0 Å². The normalized spacial score (nSPS) is 22.9. The summed E-state index contributed by atoms with van der Waals surface area (Å²) in [5, 5.41) is 0. The van der Waals surface area contributed by atoms with E-state index in [1.807, 2.05) is 6.08 Å². The topological polar surface area (TPSA) is 9.23 Å². The summed E-state index contributed by atoms with van der Waals surface area (Å²) >= 11 is 0. The van der Waals surface area contributed by atoms with Gasteiger partial charge in [0.15, 0.2) is 11.6 Å². The minimum Gasteiger partial charge on any atom is -0.399 e. The summed E-state index contributed by atoms with van der Waals surface area (Å²) in [6, 6.07) is 1.87. The Morgan fingerprint density at radius 1 is 1.05 bits per heavy atom. The van der Waals surface area contributed by atoms with Crippen LogP contribution in [0.5, 0.6) is 5.75 Å². The second kappa shape index (κ2) is 6.03. The van der Waals surface area contributed by atoms with Crippen molar-refractivity contribution in [3.8, 4) is 5.75 Å². The highest BCUT2D eigenvalue weighted by Crippen LogP contribution is 2.38. The number of rotatable bonds is 3. The number of benzene rings is 1. The Balaban J connectivity index is 2.18. The van der Waals surface area contributed by atoms with E-state index < -0.39 is 23.7 Å². The molecule has 1 aliphatic rings. The fourth-order valence-corrected chi connectivity index (χ4v) is 2.72. The van der Waals surface area contributed by atoms with Crippen molar-refractivity contribution in [3.05, 3.63) is 42.0 Å². The molecule has 0 atom stereocenters. The van der Waals surface area contributed by atoms with Crippen molar-refractivity contribution >= 4 is 0 Å².